The number of nitrogens with one attached hydrogen (secondary N) is 1. The summed E-state index contributed by atoms with van der Waals surface area (Å²) < 4.78 is 26.4. The van der Waals surface area contributed by atoms with Crippen molar-refractivity contribution >= 4 is 56.2 Å². The molecule has 3 heterocycles. The Bertz CT molecular complexity index is 1210. The Balaban J connectivity index is 1.52. The first-order chi connectivity index (χ1) is 15.6. The zero-order chi connectivity index (χ0) is 23.8. The number of hydrogen-bond donors (Lipinski definition) is 1. The molecule has 1 fully saturated rings. The number of anilines is 2. The first-order valence-electron chi connectivity index (χ1n) is 10.3. The van der Waals surface area contributed by atoms with Gasteiger partial charge >= 0.3 is 6.09 Å². The molecule has 0 saturated carbocycles. The maximum atomic E-state index is 14.5. The van der Waals surface area contributed by atoms with Gasteiger partial charge < -0.3 is 19.7 Å². The Morgan fingerprint density at radius 1 is 1.27 bits per heavy atom. The molecule has 1 amide bonds. The number of amides is 1. The van der Waals surface area contributed by atoms with Gasteiger partial charge in [0, 0.05) is 23.5 Å². The number of hydrogen-bond acceptors (Lipinski definition) is 7. The van der Waals surface area contributed by atoms with Crippen LogP contribution < -0.4 is 10.1 Å². The number of pyridine rings is 1. The molecule has 1 aliphatic rings. The minimum Gasteiger partial charge on any atom is -0.472 e. The van der Waals surface area contributed by atoms with Gasteiger partial charge in [0.05, 0.1) is 22.8 Å². The predicted octanol–water partition coefficient (Wildman–Crippen LogP) is 5.71. The van der Waals surface area contributed by atoms with Crippen molar-refractivity contribution in [2.75, 3.05) is 18.4 Å². The molecule has 1 aliphatic heterocycles. The van der Waals surface area contributed by atoms with Crippen molar-refractivity contribution < 1.29 is 18.7 Å². The van der Waals surface area contributed by atoms with Crippen molar-refractivity contribution in [3.63, 3.8) is 0 Å². The van der Waals surface area contributed by atoms with Crippen LogP contribution >= 0.6 is 27.5 Å². The summed E-state index contributed by atoms with van der Waals surface area (Å²) in [5, 5.41) is 2.89. The summed E-state index contributed by atoms with van der Waals surface area (Å²) in [6.45, 7) is 6.42. The minimum atomic E-state index is -0.613. The van der Waals surface area contributed by atoms with Gasteiger partial charge in [-0.25, -0.2) is 24.1 Å². The molecule has 3 aromatic rings. The summed E-state index contributed by atoms with van der Waals surface area (Å²) in [5.41, 5.74) is 0.568. The molecule has 8 nitrogen and oxygen atoms in total. The lowest BCUT2D eigenvalue weighted by molar-refractivity contribution is 0.0275. The molecule has 0 radical (unpaired) electrons. The zero-order valence-electron chi connectivity index (χ0n) is 18.2. The fraction of sp³-hybridized carbons (Fsp3) is 0.364. The fourth-order valence-electron chi connectivity index (χ4n) is 3.32. The average Bonchev–Trinajstić information content (AvgIpc) is 3.22. The number of halogens is 3. The Morgan fingerprint density at radius 2 is 2.06 bits per heavy atom. The van der Waals surface area contributed by atoms with E-state index in [-0.39, 0.29) is 22.9 Å². The van der Waals surface area contributed by atoms with Crippen LogP contribution in [0.4, 0.5) is 20.7 Å². The van der Waals surface area contributed by atoms with E-state index in [0.29, 0.717) is 46.7 Å². The average molecular weight is 539 g/mol. The number of fused-ring (bicyclic) bond motifs is 1. The van der Waals surface area contributed by atoms with Crippen molar-refractivity contribution in [2.45, 2.75) is 38.9 Å². The van der Waals surface area contributed by atoms with Crippen LogP contribution in [0.1, 0.15) is 27.2 Å². The van der Waals surface area contributed by atoms with E-state index in [0.717, 1.165) is 0 Å². The molecule has 174 valence electrons. The zero-order valence-corrected chi connectivity index (χ0v) is 20.6. The first kappa shape index (κ1) is 23.4. The molecule has 1 atom stereocenters. The normalized spacial score (nSPS) is 16.2. The van der Waals surface area contributed by atoms with Crippen molar-refractivity contribution in [2.24, 2.45) is 0 Å². The van der Waals surface area contributed by atoms with Gasteiger partial charge in [0.25, 0.3) is 0 Å². The number of benzene rings is 1. The largest absolute Gasteiger partial charge is 0.472 e. The van der Waals surface area contributed by atoms with Crippen molar-refractivity contribution in [1.82, 2.24) is 19.9 Å². The molecule has 0 bridgehead atoms. The number of nitrogens with zero attached hydrogens (tertiary/aromatic N) is 4. The summed E-state index contributed by atoms with van der Waals surface area (Å²) in [6, 6.07) is 6.63. The van der Waals surface area contributed by atoms with Gasteiger partial charge in [-0.2, -0.15) is 0 Å². The molecule has 1 saturated heterocycles. The molecule has 0 unspecified atom stereocenters. The van der Waals surface area contributed by atoms with E-state index in [1.165, 1.54) is 6.33 Å². The monoisotopic (exact) mass is 537 g/mol. The molecule has 1 N–H and O–H groups in total. The fourth-order valence-corrected chi connectivity index (χ4v) is 3.79. The Hall–Kier alpha value is -2.72. The highest BCUT2D eigenvalue weighted by atomic mass is 79.9. The summed E-state index contributed by atoms with van der Waals surface area (Å²) >= 11 is 9.19. The number of ether oxygens (including phenoxy) is 2. The summed E-state index contributed by atoms with van der Waals surface area (Å²) in [4.78, 5) is 26.9. The number of carbonyl (C=O) groups is 1. The molecule has 33 heavy (non-hydrogen) atoms. The van der Waals surface area contributed by atoms with Crippen molar-refractivity contribution in [3.05, 3.63) is 45.9 Å². The van der Waals surface area contributed by atoms with Gasteiger partial charge in [-0.1, -0.05) is 11.6 Å². The van der Waals surface area contributed by atoms with Crippen LogP contribution in [0.25, 0.3) is 11.0 Å². The summed E-state index contributed by atoms with van der Waals surface area (Å²) in [6.07, 6.45) is 1.42. The summed E-state index contributed by atoms with van der Waals surface area (Å²) in [5.74, 6) is 0.0497. The van der Waals surface area contributed by atoms with Gasteiger partial charge in [-0.15, -0.1) is 0 Å². The van der Waals surface area contributed by atoms with Gasteiger partial charge in [0.15, 0.2) is 11.6 Å². The van der Waals surface area contributed by atoms with Gasteiger partial charge in [-0.3, -0.25) is 0 Å². The minimum absolute atomic E-state index is 0.0360. The maximum absolute atomic E-state index is 14.5. The van der Waals surface area contributed by atoms with Crippen LogP contribution in [0, 0.1) is 5.82 Å². The molecular formula is C22H22BrClFN5O3. The molecule has 0 aliphatic carbocycles. The standard InChI is InChI=1S/C22H22BrClFN5O3/c1-22(2,3)33-21(31)30-9-8-12(10-30)32-16-7-6-15-19(29-16)20(27-11-26-15)28-14-5-4-13(23)17(24)18(14)25/h4-7,11-12H,8-10H2,1-3H3,(H,26,27,28)/t12-/m0/s1. The first-order valence-corrected chi connectivity index (χ1v) is 11.4. The lowest BCUT2D eigenvalue weighted by atomic mass is 10.2. The highest BCUT2D eigenvalue weighted by Crippen LogP contribution is 2.33. The van der Waals surface area contributed by atoms with E-state index >= 15 is 0 Å². The van der Waals surface area contributed by atoms with Crippen LogP contribution in [0.2, 0.25) is 5.02 Å². The van der Waals surface area contributed by atoms with Gasteiger partial charge in [0.2, 0.25) is 5.88 Å². The number of rotatable bonds is 4. The molecular weight excluding hydrogens is 517 g/mol. The summed E-state index contributed by atoms with van der Waals surface area (Å²) in [7, 11) is 0. The SMILES string of the molecule is CC(C)(C)OC(=O)N1CC[C@H](Oc2ccc3ncnc(Nc4ccc(Br)c(Cl)c4F)c3n2)C1. The van der Waals surface area contributed by atoms with Gasteiger partial charge in [-0.05, 0) is 54.9 Å². The Morgan fingerprint density at radius 3 is 2.82 bits per heavy atom. The second-order valence-corrected chi connectivity index (χ2v) is 9.77. The number of likely N-dealkylation sites (tertiary alicyclic amines) is 1. The highest BCUT2D eigenvalue weighted by Gasteiger charge is 2.31. The van der Waals surface area contributed by atoms with Crippen molar-refractivity contribution in [1.29, 1.82) is 0 Å². The van der Waals surface area contributed by atoms with Crippen LogP contribution in [0.3, 0.4) is 0 Å². The van der Waals surface area contributed by atoms with Crippen LogP contribution in [0.15, 0.2) is 35.1 Å². The predicted molar refractivity (Wildman–Crippen MR) is 127 cm³/mol. The lowest BCUT2D eigenvalue weighted by Gasteiger charge is -2.24. The maximum Gasteiger partial charge on any atom is 0.410 e. The molecule has 0 spiro atoms. The molecule has 2 aromatic heterocycles. The van der Waals surface area contributed by atoms with Crippen LogP contribution in [0.5, 0.6) is 5.88 Å². The third-order valence-corrected chi connectivity index (χ3v) is 6.09. The smallest absolute Gasteiger partial charge is 0.410 e. The van der Waals surface area contributed by atoms with Crippen LogP contribution in [-0.2, 0) is 4.74 Å². The molecule has 4 rings (SSSR count). The van der Waals surface area contributed by atoms with Crippen molar-refractivity contribution in [3.8, 4) is 5.88 Å². The Kier molecular flexibility index (Phi) is 6.58. The number of carbonyl (C=O) groups excluding carboxylic acids is 1. The van der Waals surface area contributed by atoms with E-state index < -0.39 is 11.4 Å². The second kappa shape index (κ2) is 9.26. The third kappa shape index (κ3) is 5.44. The topological polar surface area (TPSA) is 89.5 Å². The van der Waals surface area contributed by atoms with E-state index in [1.54, 1.807) is 29.2 Å². The van der Waals surface area contributed by atoms with Gasteiger partial charge in [0.1, 0.15) is 23.5 Å². The number of aromatic nitrogens is 3. The highest BCUT2D eigenvalue weighted by molar-refractivity contribution is 9.10. The lowest BCUT2D eigenvalue weighted by Crippen LogP contribution is -2.36. The quantitative estimate of drug-likeness (QED) is 0.426. The second-order valence-electron chi connectivity index (χ2n) is 8.54. The van der Waals surface area contributed by atoms with Crippen LogP contribution in [-0.4, -0.2) is 50.7 Å². The molecule has 11 heteroatoms. The molecule has 1 aromatic carbocycles. The van der Waals surface area contributed by atoms with E-state index in [2.05, 4.69) is 36.2 Å². The Labute approximate surface area is 203 Å². The third-order valence-electron chi connectivity index (χ3n) is 4.83. The van der Waals surface area contributed by atoms with E-state index in [1.807, 2.05) is 20.8 Å². The van der Waals surface area contributed by atoms with E-state index in [4.69, 9.17) is 21.1 Å². The van der Waals surface area contributed by atoms with E-state index in [9.17, 15) is 9.18 Å².